The molecule has 1 aromatic rings. The SMILES string of the molecule is CC(=S)OC(C)c1cccnc1. The number of thiocarbonyl (C=S) groups is 1. The molecule has 0 amide bonds. The monoisotopic (exact) mass is 181 g/mol. The summed E-state index contributed by atoms with van der Waals surface area (Å²) in [5, 5.41) is 0.561. The highest BCUT2D eigenvalue weighted by Crippen LogP contribution is 2.14. The zero-order valence-corrected chi connectivity index (χ0v) is 7.97. The number of hydrogen-bond donors (Lipinski definition) is 0. The molecule has 0 aliphatic carbocycles. The maximum atomic E-state index is 5.33. The average molecular weight is 181 g/mol. The first-order valence-corrected chi connectivity index (χ1v) is 4.18. The second-order valence-corrected chi connectivity index (χ2v) is 3.11. The number of rotatable bonds is 2. The summed E-state index contributed by atoms with van der Waals surface area (Å²) in [4.78, 5) is 3.99. The minimum Gasteiger partial charge on any atom is -0.480 e. The summed E-state index contributed by atoms with van der Waals surface area (Å²) in [6, 6.07) is 3.85. The molecule has 0 radical (unpaired) electrons. The molecule has 0 N–H and O–H groups in total. The summed E-state index contributed by atoms with van der Waals surface area (Å²) in [5.74, 6) is 0. The third kappa shape index (κ3) is 2.58. The molecule has 64 valence electrons. The molecule has 0 aliphatic heterocycles. The molecule has 0 fully saturated rings. The van der Waals surface area contributed by atoms with Crippen LogP contribution in [-0.2, 0) is 4.74 Å². The fraction of sp³-hybridized carbons (Fsp3) is 0.333. The van der Waals surface area contributed by atoms with Crippen molar-refractivity contribution >= 4 is 17.3 Å². The standard InChI is InChI=1S/C9H11NOS/c1-7(11-8(2)12)9-4-3-5-10-6-9/h3-7H,1-2H3. The largest absolute Gasteiger partial charge is 0.480 e. The summed E-state index contributed by atoms with van der Waals surface area (Å²) in [5.41, 5.74) is 1.04. The van der Waals surface area contributed by atoms with Crippen LogP contribution in [0.3, 0.4) is 0 Å². The maximum absolute atomic E-state index is 5.33. The normalized spacial score (nSPS) is 12.2. The van der Waals surface area contributed by atoms with Crippen molar-refractivity contribution < 1.29 is 4.74 Å². The molecule has 1 heterocycles. The summed E-state index contributed by atoms with van der Waals surface area (Å²) in [6.07, 6.45) is 3.51. The molecule has 1 aromatic heterocycles. The number of aromatic nitrogens is 1. The Morgan fingerprint density at radius 1 is 1.67 bits per heavy atom. The molecule has 0 saturated heterocycles. The lowest BCUT2D eigenvalue weighted by molar-refractivity contribution is 0.217. The highest BCUT2D eigenvalue weighted by molar-refractivity contribution is 7.80. The van der Waals surface area contributed by atoms with E-state index in [0.29, 0.717) is 5.05 Å². The lowest BCUT2D eigenvalue weighted by Gasteiger charge is -2.12. The second-order valence-electron chi connectivity index (χ2n) is 2.54. The van der Waals surface area contributed by atoms with Crippen LogP contribution in [0.25, 0.3) is 0 Å². The van der Waals surface area contributed by atoms with E-state index in [0.717, 1.165) is 5.56 Å². The minimum atomic E-state index is -0.00352. The van der Waals surface area contributed by atoms with Gasteiger partial charge in [0.05, 0.1) is 0 Å². The van der Waals surface area contributed by atoms with Crippen molar-refractivity contribution in [2.45, 2.75) is 20.0 Å². The van der Waals surface area contributed by atoms with E-state index in [1.54, 1.807) is 19.3 Å². The molecular weight excluding hydrogens is 170 g/mol. The molecule has 0 spiro atoms. The second kappa shape index (κ2) is 4.16. The first kappa shape index (κ1) is 9.13. The molecule has 0 saturated carbocycles. The lowest BCUT2D eigenvalue weighted by Crippen LogP contribution is -2.03. The zero-order chi connectivity index (χ0) is 8.97. The average Bonchev–Trinajstić information content (AvgIpc) is 2.05. The molecule has 2 nitrogen and oxygen atoms in total. The Kier molecular flexibility index (Phi) is 3.17. The van der Waals surface area contributed by atoms with E-state index in [2.05, 4.69) is 4.98 Å². The molecule has 1 rings (SSSR count). The molecule has 0 bridgehead atoms. The van der Waals surface area contributed by atoms with Gasteiger partial charge in [0.1, 0.15) is 6.10 Å². The Bertz CT molecular complexity index is 260. The van der Waals surface area contributed by atoms with Crippen LogP contribution < -0.4 is 0 Å². The molecule has 3 heteroatoms. The Morgan fingerprint density at radius 3 is 2.92 bits per heavy atom. The fourth-order valence-electron chi connectivity index (χ4n) is 0.933. The number of nitrogens with zero attached hydrogens (tertiary/aromatic N) is 1. The smallest absolute Gasteiger partial charge is 0.157 e. The highest BCUT2D eigenvalue weighted by Gasteiger charge is 2.05. The summed E-state index contributed by atoms with van der Waals surface area (Å²) >= 11 is 4.83. The molecule has 12 heavy (non-hydrogen) atoms. The number of pyridine rings is 1. The van der Waals surface area contributed by atoms with Crippen molar-refractivity contribution in [2.75, 3.05) is 0 Å². The van der Waals surface area contributed by atoms with Gasteiger partial charge in [-0.3, -0.25) is 4.98 Å². The third-order valence-electron chi connectivity index (χ3n) is 1.50. The van der Waals surface area contributed by atoms with Gasteiger partial charge in [-0.15, -0.1) is 0 Å². The van der Waals surface area contributed by atoms with Gasteiger partial charge < -0.3 is 4.74 Å². The quantitative estimate of drug-likeness (QED) is 0.654. The predicted octanol–water partition coefficient (Wildman–Crippen LogP) is 2.51. The minimum absolute atomic E-state index is 0.00352. The predicted molar refractivity (Wildman–Crippen MR) is 52.0 cm³/mol. The number of ether oxygens (including phenoxy) is 1. The van der Waals surface area contributed by atoms with E-state index in [9.17, 15) is 0 Å². The van der Waals surface area contributed by atoms with Crippen LogP contribution in [0.5, 0.6) is 0 Å². The van der Waals surface area contributed by atoms with Crippen molar-refractivity contribution in [1.29, 1.82) is 0 Å². The van der Waals surface area contributed by atoms with Gasteiger partial charge in [0.25, 0.3) is 0 Å². The van der Waals surface area contributed by atoms with Crippen molar-refractivity contribution in [2.24, 2.45) is 0 Å². The molecule has 1 unspecified atom stereocenters. The van der Waals surface area contributed by atoms with E-state index < -0.39 is 0 Å². The van der Waals surface area contributed by atoms with Gasteiger partial charge in [-0.25, -0.2) is 0 Å². The van der Waals surface area contributed by atoms with Crippen LogP contribution in [0.15, 0.2) is 24.5 Å². The zero-order valence-electron chi connectivity index (χ0n) is 7.15. The fourth-order valence-corrected chi connectivity index (χ4v) is 1.08. The van der Waals surface area contributed by atoms with Gasteiger partial charge in [0.15, 0.2) is 5.05 Å². The molecule has 1 atom stereocenters. The Hall–Kier alpha value is -0.960. The van der Waals surface area contributed by atoms with E-state index in [1.807, 2.05) is 19.1 Å². The highest BCUT2D eigenvalue weighted by atomic mass is 32.1. The Morgan fingerprint density at radius 2 is 2.42 bits per heavy atom. The molecule has 0 aliphatic rings. The van der Waals surface area contributed by atoms with Crippen LogP contribution in [0.1, 0.15) is 25.5 Å². The summed E-state index contributed by atoms with van der Waals surface area (Å²) in [7, 11) is 0. The first-order chi connectivity index (χ1) is 5.70. The van der Waals surface area contributed by atoms with Gasteiger partial charge in [0.2, 0.25) is 0 Å². The van der Waals surface area contributed by atoms with Crippen LogP contribution in [-0.4, -0.2) is 10.0 Å². The summed E-state index contributed by atoms with van der Waals surface area (Å²) < 4.78 is 5.33. The maximum Gasteiger partial charge on any atom is 0.157 e. The molecule has 0 aromatic carbocycles. The molecular formula is C9H11NOS. The third-order valence-corrected chi connectivity index (χ3v) is 1.59. The van der Waals surface area contributed by atoms with E-state index in [1.165, 1.54) is 0 Å². The van der Waals surface area contributed by atoms with Gasteiger partial charge in [0, 0.05) is 24.9 Å². The van der Waals surface area contributed by atoms with Crippen LogP contribution in [0.2, 0.25) is 0 Å². The van der Waals surface area contributed by atoms with Crippen molar-refractivity contribution in [3.63, 3.8) is 0 Å². The van der Waals surface area contributed by atoms with Crippen LogP contribution >= 0.6 is 12.2 Å². The van der Waals surface area contributed by atoms with E-state index in [4.69, 9.17) is 17.0 Å². The van der Waals surface area contributed by atoms with Crippen LogP contribution in [0.4, 0.5) is 0 Å². The lowest BCUT2D eigenvalue weighted by atomic mass is 10.2. The van der Waals surface area contributed by atoms with Crippen LogP contribution in [0, 0.1) is 0 Å². The van der Waals surface area contributed by atoms with E-state index >= 15 is 0 Å². The van der Waals surface area contributed by atoms with Gasteiger partial charge in [-0.05, 0) is 25.2 Å². The first-order valence-electron chi connectivity index (χ1n) is 3.77. The van der Waals surface area contributed by atoms with Gasteiger partial charge in [-0.2, -0.15) is 0 Å². The van der Waals surface area contributed by atoms with Crippen molar-refractivity contribution in [3.05, 3.63) is 30.1 Å². The van der Waals surface area contributed by atoms with Gasteiger partial charge >= 0.3 is 0 Å². The topological polar surface area (TPSA) is 22.1 Å². The van der Waals surface area contributed by atoms with Gasteiger partial charge in [-0.1, -0.05) is 6.07 Å². The number of hydrogen-bond acceptors (Lipinski definition) is 3. The van der Waals surface area contributed by atoms with E-state index in [-0.39, 0.29) is 6.10 Å². The van der Waals surface area contributed by atoms with Crippen molar-refractivity contribution in [1.82, 2.24) is 4.98 Å². The Balaban J connectivity index is 2.65. The summed E-state index contributed by atoms with van der Waals surface area (Å²) in [6.45, 7) is 3.72. The van der Waals surface area contributed by atoms with Crippen molar-refractivity contribution in [3.8, 4) is 0 Å². The Labute approximate surface area is 77.6 Å².